The van der Waals surface area contributed by atoms with Crippen molar-refractivity contribution in [3.63, 3.8) is 0 Å². The van der Waals surface area contributed by atoms with Gasteiger partial charge in [-0.1, -0.05) is 65.7 Å². The molecule has 3 aromatic carbocycles. The second-order valence-electron chi connectivity index (χ2n) is 9.00. The maximum Gasteiger partial charge on any atom is 0.407 e. The molecule has 0 bridgehead atoms. The topological polar surface area (TPSA) is 128 Å². The summed E-state index contributed by atoms with van der Waals surface area (Å²) in [5, 5.41) is 2.82. The Hall–Kier alpha value is -4.99. The lowest BCUT2D eigenvalue weighted by atomic mass is 9.98. The van der Waals surface area contributed by atoms with Gasteiger partial charge in [0.05, 0.1) is 24.7 Å². The van der Waals surface area contributed by atoms with E-state index in [1.807, 2.05) is 48.5 Å². The number of nitrogens with zero attached hydrogens (tertiary/aromatic N) is 1. The second-order valence-corrected chi connectivity index (χ2v) is 9.00. The molecule has 2 aliphatic rings. The number of rotatable bonds is 8. The molecule has 1 heterocycles. The number of hydrogen-bond donors (Lipinski definition) is 1. The summed E-state index contributed by atoms with van der Waals surface area (Å²) in [5.74, 6) is -3.42. The number of carbonyl (C=O) groups is 5. The van der Waals surface area contributed by atoms with Crippen molar-refractivity contribution < 1.29 is 38.3 Å². The molecule has 0 saturated heterocycles. The third-order valence-electron chi connectivity index (χ3n) is 6.71. The van der Waals surface area contributed by atoms with Gasteiger partial charge in [0.2, 0.25) is 0 Å². The van der Waals surface area contributed by atoms with Crippen LogP contribution in [-0.2, 0) is 23.9 Å². The van der Waals surface area contributed by atoms with E-state index in [9.17, 15) is 24.0 Å². The standard InChI is InChI=1S/C29H24N2O8/c1-37-28(35)24(14-15-25(32)39-31-26(33)21-12-6-7-13-22(21)27(31)34)30-29(36)38-16-23-19-10-4-2-8-17(19)18-9-3-5-11-20(18)23/h2-13,23-24H,14-16H2,1H3,(H,30,36)/t24-/m0/s1. The van der Waals surface area contributed by atoms with Gasteiger partial charge in [0.1, 0.15) is 12.6 Å². The number of amides is 3. The van der Waals surface area contributed by atoms with Gasteiger partial charge < -0.3 is 19.6 Å². The zero-order valence-corrected chi connectivity index (χ0v) is 20.9. The molecule has 1 aliphatic carbocycles. The Bertz CT molecular complexity index is 1400. The molecular formula is C29H24N2O8. The van der Waals surface area contributed by atoms with Crippen LogP contribution in [0, 0.1) is 0 Å². The van der Waals surface area contributed by atoms with Crippen molar-refractivity contribution in [2.45, 2.75) is 24.8 Å². The Morgan fingerprint density at radius 1 is 0.821 bits per heavy atom. The van der Waals surface area contributed by atoms with Crippen LogP contribution in [0.5, 0.6) is 0 Å². The minimum absolute atomic E-state index is 0.0372. The average molecular weight is 529 g/mol. The third kappa shape index (κ3) is 4.96. The Morgan fingerprint density at radius 2 is 1.33 bits per heavy atom. The van der Waals surface area contributed by atoms with Crippen LogP contribution in [-0.4, -0.2) is 54.7 Å². The summed E-state index contributed by atoms with van der Waals surface area (Å²) in [5.41, 5.74) is 4.47. The number of esters is 1. The number of hydrogen-bond acceptors (Lipinski definition) is 8. The highest BCUT2D eigenvalue weighted by Crippen LogP contribution is 2.44. The molecule has 10 heteroatoms. The molecule has 0 radical (unpaired) electrons. The van der Waals surface area contributed by atoms with Crippen molar-refractivity contribution in [3.8, 4) is 11.1 Å². The second kappa shape index (κ2) is 10.8. The fourth-order valence-electron chi connectivity index (χ4n) is 4.83. The van der Waals surface area contributed by atoms with Crippen molar-refractivity contribution >= 4 is 29.8 Å². The molecule has 0 unspecified atom stereocenters. The van der Waals surface area contributed by atoms with E-state index in [0.29, 0.717) is 5.06 Å². The fraction of sp³-hybridized carbons (Fsp3) is 0.207. The first-order valence-corrected chi connectivity index (χ1v) is 12.3. The van der Waals surface area contributed by atoms with Gasteiger partial charge in [0.25, 0.3) is 11.8 Å². The number of alkyl carbamates (subject to hydrolysis) is 1. The van der Waals surface area contributed by atoms with E-state index < -0.39 is 42.3 Å². The molecule has 10 nitrogen and oxygen atoms in total. The Kier molecular flexibility index (Phi) is 7.09. The van der Waals surface area contributed by atoms with Crippen molar-refractivity contribution in [1.29, 1.82) is 0 Å². The van der Waals surface area contributed by atoms with E-state index in [0.717, 1.165) is 29.4 Å². The fourth-order valence-corrected chi connectivity index (χ4v) is 4.83. The number of ether oxygens (including phenoxy) is 2. The normalized spacial score (nSPS) is 14.2. The van der Waals surface area contributed by atoms with E-state index in [1.54, 1.807) is 12.1 Å². The van der Waals surface area contributed by atoms with Gasteiger partial charge in [0.15, 0.2) is 0 Å². The molecule has 198 valence electrons. The van der Waals surface area contributed by atoms with Crippen LogP contribution < -0.4 is 5.32 Å². The van der Waals surface area contributed by atoms with Gasteiger partial charge in [0, 0.05) is 5.92 Å². The molecule has 0 saturated carbocycles. The number of nitrogens with one attached hydrogen (secondary N) is 1. The first-order chi connectivity index (χ1) is 18.9. The smallest absolute Gasteiger partial charge is 0.407 e. The van der Waals surface area contributed by atoms with Crippen molar-refractivity contribution in [2.24, 2.45) is 0 Å². The monoisotopic (exact) mass is 528 g/mol. The minimum atomic E-state index is -1.22. The number of fused-ring (bicyclic) bond motifs is 4. The lowest BCUT2D eigenvalue weighted by molar-refractivity contribution is -0.168. The lowest BCUT2D eigenvalue weighted by Crippen LogP contribution is -2.42. The SMILES string of the molecule is COC(=O)[C@H](CCC(=O)ON1C(=O)c2ccccc2C1=O)NC(=O)OCC1c2ccccc2-c2ccccc21. The molecule has 0 fully saturated rings. The molecule has 39 heavy (non-hydrogen) atoms. The number of hydroxylamine groups is 2. The summed E-state index contributed by atoms with van der Waals surface area (Å²) in [6, 6.07) is 20.6. The van der Waals surface area contributed by atoms with Crippen LogP contribution in [0.2, 0.25) is 0 Å². The van der Waals surface area contributed by atoms with E-state index in [2.05, 4.69) is 5.32 Å². The summed E-state index contributed by atoms with van der Waals surface area (Å²) in [6.07, 6.45) is -1.46. The zero-order valence-electron chi connectivity index (χ0n) is 20.9. The molecular weight excluding hydrogens is 504 g/mol. The highest BCUT2D eigenvalue weighted by Gasteiger charge is 2.39. The quantitative estimate of drug-likeness (QED) is 0.347. The Balaban J connectivity index is 1.17. The predicted molar refractivity (Wildman–Crippen MR) is 136 cm³/mol. The summed E-state index contributed by atoms with van der Waals surface area (Å²) in [7, 11) is 1.14. The lowest BCUT2D eigenvalue weighted by Gasteiger charge is -2.19. The molecule has 3 amide bonds. The van der Waals surface area contributed by atoms with E-state index in [4.69, 9.17) is 14.3 Å². The van der Waals surface area contributed by atoms with Crippen LogP contribution in [0.4, 0.5) is 4.79 Å². The van der Waals surface area contributed by atoms with Gasteiger partial charge in [-0.05, 0) is 40.8 Å². The minimum Gasteiger partial charge on any atom is -0.467 e. The number of methoxy groups -OCH3 is 1. The summed E-state index contributed by atoms with van der Waals surface area (Å²) >= 11 is 0. The van der Waals surface area contributed by atoms with Crippen LogP contribution >= 0.6 is 0 Å². The Labute approximate surface area is 223 Å². The number of imide groups is 1. The maximum absolute atomic E-state index is 12.6. The van der Waals surface area contributed by atoms with Gasteiger partial charge in [-0.15, -0.1) is 0 Å². The molecule has 1 N–H and O–H groups in total. The number of benzene rings is 3. The van der Waals surface area contributed by atoms with Crippen molar-refractivity contribution in [1.82, 2.24) is 10.4 Å². The van der Waals surface area contributed by atoms with Crippen molar-refractivity contribution in [3.05, 3.63) is 95.1 Å². The molecule has 5 rings (SSSR count). The van der Waals surface area contributed by atoms with E-state index in [-0.39, 0.29) is 30.1 Å². The largest absolute Gasteiger partial charge is 0.467 e. The van der Waals surface area contributed by atoms with Gasteiger partial charge in [-0.25, -0.2) is 14.4 Å². The summed E-state index contributed by atoms with van der Waals surface area (Å²) in [4.78, 5) is 67.1. The van der Waals surface area contributed by atoms with Crippen LogP contribution in [0.25, 0.3) is 11.1 Å². The molecule has 0 aromatic heterocycles. The molecule has 0 spiro atoms. The number of carbonyl (C=O) groups excluding carboxylic acids is 5. The highest BCUT2D eigenvalue weighted by atomic mass is 16.7. The van der Waals surface area contributed by atoms with Crippen LogP contribution in [0.1, 0.15) is 50.6 Å². The van der Waals surface area contributed by atoms with Crippen LogP contribution in [0.15, 0.2) is 72.8 Å². The first-order valence-electron chi connectivity index (χ1n) is 12.3. The van der Waals surface area contributed by atoms with Crippen molar-refractivity contribution in [2.75, 3.05) is 13.7 Å². The molecule has 1 aliphatic heterocycles. The first kappa shape index (κ1) is 25.7. The van der Waals surface area contributed by atoms with Gasteiger partial charge >= 0.3 is 18.0 Å². The van der Waals surface area contributed by atoms with Crippen LogP contribution in [0.3, 0.4) is 0 Å². The highest BCUT2D eigenvalue weighted by molar-refractivity contribution is 6.20. The van der Waals surface area contributed by atoms with Gasteiger partial charge in [-0.3, -0.25) is 9.59 Å². The predicted octanol–water partition coefficient (Wildman–Crippen LogP) is 3.60. The maximum atomic E-state index is 12.6. The third-order valence-corrected chi connectivity index (χ3v) is 6.71. The van der Waals surface area contributed by atoms with E-state index >= 15 is 0 Å². The molecule has 3 aromatic rings. The van der Waals surface area contributed by atoms with E-state index in [1.165, 1.54) is 12.1 Å². The summed E-state index contributed by atoms with van der Waals surface area (Å²) in [6.45, 7) is 0.0372. The zero-order chi connectivity index (χ0) is 27.5. The average Bonchev–Trinajstić information content (AvgIpc) is 3.41. The van der Waals surface area contributed by atoms with Gasteiger partial charge in [-0.2, -0.15) is 0 Å². The Morgan fingerprint density at radius 3 is 1.87 bits per heavy atom. The summed E-state index contributed by atoms with van der Waals surface area (Å²) < 4.78 is 10.2. The molecule has 1 atom stereocenters.